The van der Waals surface area contributed by atoms with Gasteiger partial charge in [-0.1, -0.05) is 52.0 Å². The fourth-order valence-corrected chi connectivity index (χ4v) is 2.68. The molecule has 1 saturated heterocycles. The van der Waals surface area contributed by atoms with E-state index in [0.717, 1.165) is 32.7 Å². The minimum Gasteiger partial charge on any atom is -0.449 e. The largest absolute Gasteiger partial charge is 0.449 e. The van der Waals surface area contributed by atoms with E-state index in [0.29, 0.717) is 18.4 Å². The molecule has 1 fully saturated rings. The third-order valence-electron chi connectivity index (χ3n) is 4.22. The van der Waals surface area contributed by atoms with Gasteiger partial charge in [-0.2, -0.15) is 0 Å². The van der Waals surface area contributed by atoms with E-state index < -0.39 is 0 Å². The standard InChI is InChI=1S/C19H30N2O2/c1-15(2)14-23-19(22)21-11-9-20(10-12-21)13-17-5-7-18(8-6-17)16(3)4/h5-8,15-16H,9-14H2,1-4H3. The van der Waals surface area contributed by atoms with Gasteiger partial charge in [0.1, 0.15) is 0 Å². The number of amides is 1. The Hall–Kier alpha value is -1.55. The Morgan fingerprint density at radius 3 is 2.17 bits per heavy atom. The van der Waals surface area contributed by atoms with Crippen molar-refractivity contribution >= 4 is 6.09 Å². The summed E-state index contributed by atoms with van der Waals surface area (Å²) in [5.41, 5.74) is 2.72. The Balaban J connectivity index is 1.77. The van der Waals surface area contributed by atoms with Crippen molar-refractivity contribution in [3.8, 4) is 0 Å². The van der Waals surface area contributed by atoms with Crippen molar-refractivity contribution in [2.75, 3.05) is 32.8 Å². The molecule has 0 N–H and O–H groups in total. The predicted molar refractivity (Wildman–Crippen MR) is 93.6 cm³/mol. The van der Waals surface area contributed by atoms with Crippen LogP contribution in [-0.4, -0.2) is 48.7 Å². The van der Waals surface area contributed by atoms with Crippen LogP contribution in [0.5, 0.6) is 0 Å². The fraction of sp³-hybridized carbons (Fsp3) is 0.632. The molecule has 2 rings (SSSR count). The Morgan fingerprint density at radius 1 is 1.04 bits per heavy atom. The first kappa shape index (κ1) is 17.8. The maximum absolute atomic E-state index is 12.0. The second-order valence-electron chi connectivity index (χ2n) is 7.13. The zero-order chi connectivity index (χ0) is 16.8. The zero-order valence-corrected chi connectivity index (χ0v) is 14.9. The smallest absolute Gasteiger partial charge is 0.409 e. The number of hydrogen-bond donors (Lipinski definition) is 0. The van der Waals surface area contributed by atoms with Crippen LogP contribution in [0.25, 0.3) is 0 Å². The Morgan fingerprint density at radius 2 is 1.65 bits per heavy atom. The van der Waals surface area contributed by atoms with Crippen molar-refractivity contribution in [3.05, 3.63) is 35.4 Å². The molecule has 1 aromatic carbocycles. The fourth-order valence-electron chi connectivity index (χ4n) is 2.68. The summed E-state index contributed by atoms with van der Waals surface area (Å²) < 4.78 is 5.30. The first-order chi connectivity index (χ1) is 11.0. The molecular weight excluding hydrogens is 288 g/mol. The van der Waals surface area contributed by atoms with Gasteiger partial charge >= 0.3 is 6.09 Å². The summed E-state index contributed by atoms with van der Waals surface area (Å²) in [6.45, 7) is 13.3. The summed E-state index contributed by atoms with van der Waals surface area (Å²) >= 11 is 0. The van der Waals surface area contributed by atoms with E-state index in [2.05, 4.69) is 56.9 Å². The van der Waals surface area contributed by atoms with E-state index in [1.165, 1.54) is 11.1 Å². The van der Waals surface area contributed by atoms with Gasteiger partial charge in [-0.3, -0.25) is 4.90 Å². The van der Waals surface area contributed by atoms with E-state index in [1.807, 2.05) is 4.90 Å². The number of carbonyl (C=O) groups excluding carboxylic acids is 1. The molecule has 128 valence electrons. The zero-order valence-electron chi connectivity index (χ0n) is 14.9. The van der Waals surface area contributed by atoms with Crippen LogP contribution in [0.3, 0.4) is 0 Å². The van der Waals surface area contributed by atoms with Crippen LogP contribution in [0.4, 0.5) is 4.79 Å². The molecule has 0 spiro atoms. The molecule has 0 radical (unpaired) electrons. The second-order valence-corrected chi connectivity index (χ2v) is 7.13. The average Bonchev–Trinajstić information content (AvgIpc) is 2.54. The highest BCUT2D eigenvalue weighted by Crippen LogP contribution is 2.16. The molecule has 4 nitrogen and oxygen atoms in total. The number of nitrogens with zero attached hydrogens (tertiary/aromatic N) is 2. The highest BCUT2D eigenvalue weighted by Gasteiger charge is 2.22. The quantitative estimate of drug-likeness (QED) is 0.829. The maximum Gasteiger partial charge on any atom is 0.409 e. The Bertz CT molecular complexity index is 489. The summed E-state index contributed by atoms with van der Waals surface area (Å²) in [7, 11) is 0. The highest BCUT2D eigenvalue weighted by atomic mass is 16.6. The van der Waals surface area contributed by atoms with Crippen molar-refractivity contribution in [1.82, 2.24) is 9.80 Å². The van der Waals surface area contributed by atoms with Crippen LogP contribution >= 0.6 is 0 Å². The van der Waals surface area contributed by atoms with Gasteiger partial charge in [0.25, 0.3) is 0 Å². The van der Waals surface area contributed by atoms with Crippen LogP contribution in [0.15, 0.2) is 24.3 Å². The van der Waals surface area contributed by atoms with Gasteiger partial charge in [-0.05, 0) is 23.0 Å². The number of hydrogen-bond acceptors (Lipinski definition) is 3. The molecule has 1 aliphatic rings. The minimum atomic E-state index is -0.167. The number of carbonyl (C=O) groups is 1. The van der Waals surface area contributed by atoms with Crippen LogP contribution < -0.4 is 0 Å². The topological polar surface area (TPSA) is 32.8 Å². The summed E-state index contributed by atoms with van der Waals surface area (Å²) in [5.74, 6) is 0.957. The van der Waals surface area contributed by atoms with Gasteiger partial charge in [0.2, 0.25) is 0 Å². The lowest BCUT2D eigenvalue weighted by atomic mass is 10.0. The first-order valence-corrected chi connectivity index (χ1v) is 8.68. The third-order valence-corrected chi connectivity index (χ3v) is 4.22. The lowest BCUT2D eigenvalue weighted by Gasteiger charge is -2.34. The van der Waals surface area contributed by atoms with Gasteiger partial charge < -0.3 is 9.64 Å². The van der Waals surface area contributed by atoms with E-state index in [-0.39, 0.29) is 6.09 Å². The number of rotatable bonds is 5. The summed E-state index contributed by atoms with van der Waals surface area (Å²) in [6, 6.07) is 8.89. The number of ether oxygens (including phenoxy) is 1. The average molecular weight is 318 g/mol. The molecule has 0 unspecified atom stereocenters. The molecule has 0 saturated carbocycles. The second kappa shape index (κ2) is 8.34. The molecular formula is C19H30N2O2. The predicted octanol–water partition coefficient (Wildman–Crippen LogP) is 3.72. The van der Waals surface area contributed by atoms with Gasteiger partial charge in [-0.15, -0.1) is 0 Å². The minimum absolute atomic E-state index is 0.167. The monoisotopic (exact) mass is 318 g/mol. The van der Waals surface area contributed by atoms with Crippen LogP contribution in [0, 0.1) is 5.92 Å². The van der Waals surface area contributed by atoms with Gasteiger partial charge in [0, 0.05) is 32.7 Å². The SMILES string of the molecule is CC(C)COC(=O)N1CCN(Cc2ccc(C(C)C)cc2)CC1. The van der Waals surface area contributed by atoms with Gasteiger partial charge in [-0.25, -0.2) is 4.79 Å². The summed E-state index contributed by atoms with van der Waals surface area (Å²) in [5, 5.41) is 0. The molecule has 23 heavy (non-hydrogen) atoms. The molecule has 1 amide bonds. The molecule has 0 aromatic heterocycles. The summed E-state index contributed by atoms with van der Waals surface area (Å²) in [6.07, 6.45) is -0.167. The Kier molecular flexibility index (Phi) is 6.46. The van der Waals surface area contributed by atoms with E-state index in [4.69, 9.17) is 4.74 Å². The maximum atomic E-state index is 12.0. The number of benzene rings is 1. The molecule has 1 aromatic rings. The molecule has 1 heterocycles. The molecule has 0 bridgehead atoms. The van der Waals surface area contributed by atoms with Crippen LogP contribution in [0.1, 0.15) is 44.7 Å². The summed E-state index contributed by atoms with van der Waals surface area (Å²) in [4.78, 5) is 16.2. The first-order valence-electron chi connectivity index (χ1n) is 8.68. The molecule has 0 aliphatic carbocycles. The van der Waals surface area contributed by atoms with Crippen molar-refractivity contribution in [3.63, 3.8) is 0 Å². The van der Waals surface area contributed by atoms with E-state index in [1.54, 1.807) is 0 Å². The van der Waals surface area contributed by atoms with Crippen molar-refractivity contribution in [2.45, 2.75) is 40.2 Å². The van der Waals surface area contributed by atoms with Crippen LogP contribution in [-0.2, 0) is 11.3 Å². The van der Waals surface area contributed by atoms with Gasteiger partial charge in [0.05, 0.1) is 6.61 Å². The lowest BCUT2D eigenvalue weighted by molar-refractivity contribution is 0.0676. The van der Waals surface area contributed by atoms with Gasteiger partial charge in [0.15, 0.2) is 0 Å². The third kappa shape index (κ3) is 5.54. The molecule has 1 aliphatic heterocycles. The van der Waals surface area contributed by atoms with Crippen molar-refractivity contribution in [2.24, 2.45) is 5.92 Å². The van der Waals surface area contributed by atoms with Crippen molar-refractivity contribution < 1.29 is 9.53 Å². The van der Waals surface area contributed by atoms with Crippen molar-refractivity contribution in [1.29, 1.82) is 0 Å². The van der Waals surface area contributed by atoms with Crippen LogP contribution in [0.2, 0.25) is 0 Å². The van der Waals surface area contributed by atoms with E-state index in [9.17, 15) is 4.79 Å². The molecule has 4 heteroatoms. The Labute approximate surface area is 140 Å². The normalized spacial score (nSPS) is 16.2. The van der Waals surface area contributed by atoms with E-state index >= 15 is 0 Å². The highest BCUT2D eigenvalue weighted by molar-refractivity contribution is 5.67. The number of piperazine rings is 1. The lowest BCUT2D eigenvalue weighted by Crippen LogP contribution is -2.48. The molecule has 0 atom stereocenters.